The van der Waals surface area contributed by atoms with Crippen molar-refractivity contribution in [3.05, 3.63) is 0 Å². The van der Waals surface area contributed by atoms with Crippen molar-refractivity contribution in [2.45, 2.75) is 50.9 Å². The number of fused-ring (bicyclic) bond motifs is 2. The van der Waals surface area contributed by atoms with Crippen molar-refractivity contribution in [1.29, 1.82) is 0 Å². The van der Waals surface area contributed by atoms with Crippen molar-refractivity contribution in [1.82, 2.24) is 0 Å². The Balaban J connectivity index is 2.38. The quantitative estimate of drug-likeness (QED) is 0.554. The Bertz CT molecular complexity index is 291. The summed E-state index contributed by atoms with van der Waals surface area (Å²) in [6.07, 6.45) is -9.36. The van der Waals surface area contributed by atoms with Crippen LogP contribution in [0.3, 0.4) is 0 Å². The lowest BCUT2D eigenvalue weighted by molar-refractivity contribution is -0.321. The minimum absolute atomic E-state index is 0.177. The molecule has 0 saturated heterocycles. The van der Waals surface area contributed by atoms with Crippen molar-refractivity contribution in [3.63, 3.8) is 0 Å². The van der Waals surface area contributed by atoms with Gasteiger partial charge in [0.15, 0.2) is 0 Å². The monoisotopic (exact) mass is 260 g/mol. The summed E-state index contributed by atoms with van der Waals surface area (Å²) in [5, 5.41) is 0. The molecule has 2 bridgehead atoms. The predicted octanol–water partition coefficient (Wildman–Crippen LogP) is 4.70. The molecule has 0 amide bonds. The van der Waals surface area contributed by atoms with Crippen molar-refractivity contribution >= 4 is 0 Å². The molecule has 3 unspecified atom stereocenters. The molecule has 6 heteroatoms. The van der Waals surface area contributed by atoms with Gasteiger partial charge in [-0.05, 0) is 31.6 Å². The molecule has 0 aromatic heterocycles. The Hall–Kier alpha value is -0.420. The smallest absolute Gasteiger partial charge is 0.171 e. The molecule has 3 atom stereocenters. The largest absolute Gasteiger partial charge is 0.395 e. The lowest BCUT2D eigenvalue weighted by Gasteiger charge is -2.51. The fourth-order valence-electron chi connectivity index (χ4n) is 3.60. The third-order valence-electron chi connectivity index (χ3n) is 4.38. The minimum atomic E-state index is -4.74. The van der Waals surface area contributed by atoms with Crippen LogP contribution < -0.4 is 0 Å². The van der Waals surface area contributed by atoms with Gasteiger partial charge in [0.2, 0.25) is 0 Å². The summed E-state index contributed by atoms with van der Waals surface area (Å²) in [7, 11) is 0. The second-order valence-corrected chi connectivity index (χ2v) is 5.29. The molecule has 0 spiro atoms. The van der Waals surface area contributed by atoms with E-state index in [2.05, 4.69) is 0 Å². The molecule has 0 aromatic rings. The fourth-order valence-corrected chi connectivity index (χ4v) is 3.60. The van der Waals surface area contributed by atoms with E-state index in [1.165, 1.54) is 0 Å². The second kappa shape index (κ2) is 3.79. The maximum atomic E-state index is 13.1. The summed E-state index contributed by atoms with van der Waals surface area (Å²) in [6, 6.07) is 0. The summed E-state index contributed by atoms with van der Waals surface area (Å²) in [6.45, 7) is 0. The molecule has 100 valence electrons. The van der Waals surface area contributed by atoms with Crippen molar-refractivity contribution in [3.8, 4) is 0 Å². The maximum Gasteiger partial charge on any atom is 0.395 e. The normalized spacial score (nSPS) is 39.2. The van der Waals surface area contributed by atoms with E-state index in [-0.39, 0.29) is 38.0 Å². The Labute approximate surface area is 95.4 Å². The number of halogens is 6. The van der Waals surface area contributed by atoms with Crippen LogP contribution in [0.15, 0.2) is 0 Å². The predicted molar refractivity (Wildman–Crippen MR) is 49.2 cm³/mol. The highest BCUT2D eigenvalue weighted by molar-refractivity contribution is 5.02. The standard InChI is InChI=1S/C11H14F6/c12-10(13,14)8-4-3-7-2-1-5-9(8,6-7)11(15,16)17/h7-8H,1-6H2. The van der Waals surface area contributed by atoms with Gasteiger partial charge in [-0.15, -0.1) is 0 Å². The molecule has 17 heavy (non-hydrogen) atoms. The summed E-state index contributed by atoms with van der Waals surface area (Å²) in [5.41, 5.74) is -2.51. The molecule has 0 N–H and O–H groups in total. The zero-order valence-electron chi connectivity index (χ0n) is 9.17. The summed E-state index contributed by atoms with van der Waals surface area (Å²) in [4.78, 5) is 0. The van der Waals surface area contributed by atoms with Crippen LogP contribution in [-0.2, 0) is 0 Å². The van der Waals surface area contributed by atoms with Crippen molar-refractivity contribution < 1.29 is 26.3 Å². The fraction of sp³-hybridized carbons (Fsp3) is 1.00. The van der Waals surface area contributed by atoms with Gasteiger partial charge in [-0.25, -0.2) is 0 Å². The van der Waals surface area contributed by atoms with Crippen LogP contribution in [0.1, 0.15) is 38.5 Å². The Morgan fingerprint density at radius 2 is 1.53 bits per heavy atom. The molecule has 0 heterocycles. The van der Waals surface area contributed by atoms with Gasteiger partial charge in [-0.3, -0.25) is 0 Å². The number of alkyl halides is 6. The highest BCUT2D eigenvalue weighted by Gasteiger charge is 2.68. The molecule has 2 saturated carbocycles. The van der Waals surface area contributed by atoms with Gasteiger partial charge in [-0.1, -0.05) is 12.8 Å². The first-order chi connectivity index (χ1) is 7.67. The summed E-state index contributed by atoms with van der Waals surface area (Å²) < 4.78 is 77.7. The van der Waals surface area contributed by atoms with E-state index in [1.807, 2.05) is 0 Å². The third kappa shape index (κ3) is 2.03. The average molecular weight is 260 g/mol. The van der Waals surface area contributed by atoms with Crippen molar-refractivity contribution in [2.24, 2.45) is 17.3 Å². The summed E-state index contributed by atoms with van der Waals surface area (Å²) in [5.74, 6) is -2.38. The Morgan fingerprint density at radius 1 is 0.882 bits per heavy atom. The van der Waals surface area contributed by atoms with Gasteiger partial charge in [0, 0.05) is 0 Å². The molecule has 2 aliphatic rings. The van der Waals surface area contributed by atoms with Gasteiger partial charge in [-0.2, -0.15) is 26.3 Å². The number of rotatable bonds is 0. The SMILES string of the molecule is FC(F)(F)C1CCC2CCCC1(C(F)(F)F)C2. The Kier molecular flexibility index (Phi) is 2.90. The second-order valence-electron chi connectivity index (χ2n) is 5.29. The molecule has 2 fully saturated rings. The molecule has 0 aromatic carbocycles. The average Bonchev–Trinajstić information content (AvgIpc) is 2.14. The van der Waals surface area contributed by atoms with Gasteiger partial charge < -0.3 is 0 Å². The summed E-state index contributed by atoms with van der Waals surface area (Å²) >= 11 is 0. The highest BCUT2D eigenvalue weighted by Crippen LogP contribution is 2.63. The van der Waals surface area contributed by atoms with Crippen LogP contribution in [0.2, 0.25) is 0 Å². The van der Waals surface area contributed by atoms with E-state index >= 15 is 0 Å². The van der Waals surface area contributed by atoms with E-state index in [1.54, 1.807) is 0 Å². The lowest BCUT2D eigenvalue weighted by atomic mass is 9.56. The zero-order chi connectivity index (χ0) is 12.9. The number of hydrogen-bond acceptors (Lipinski definition) is 0. The molecule has 0 radical (unpaired) electrons. The van der Waals surface area contributed by atoms with Crippen LogP contribution in [0, 0.1) is 17.3 Å². The first-order valence-electron chi connectivity index (χ1n) is 5.80. The van der Waals surface area contributed by atoms with E-state index in [0.717, 1.165) is 0 Å². The maximum absolute atomic E-state index is 13.1. The molecular weight excluding hydrogens is 246 g/mol. The van der Waals surface area contributed by atoms with Gasteiger partial charge in [0.25, 0.3) is 0 Å². The molecule has 0 nitrogen and oxygen atoms in total. The minimum Gasteiger partial charge on any atom is -0.171 e. The van der Waals surface area contributed by atoms with E-state index < -0.39 is 23.7 Å². The topological polar surface area (TPSA) is 0 Å². The van der Waals surface area contributed by atoms with E-state index in [4.69, 9.17) is 0 Å². The van der Waals surface area contributed by atoms with Crippen LogP contribution in [0.25, 0.3) is 0 Å². The molecule has 0 aliphatic heterocycles. The van der Waals surface area contributed by atoms with Crippen LogP contribution in [0.4, 0.5) is 26.3 Å². The van der Waals surface area contributed by atoms with Gasteiger partial charge in [0.05, 0.1) is 11.3 Å². The van der Waals surface area contributed by atoms with E-state index in [9.17, 15) is 26.3 Å². The van der Waals surface area contributed by atoms with Crippen LogP contribution in [-0.4, -0.2) is 12.4 Å². The molecule has 2 rings (SSSR count). The van der Waals surface area contributed by atoms with E-state index in [0.29, 0.717) is 6.42 Å². The third-order valence-corrected chi connectivity index (χ3v) is 4.38. The highest BCUT2D eigenvalue weighted by atomic mass is 19.4. The van der Waals surface area contributed by atoms with Crippen LogP contribution in [0.5, 0.6) is 0 Å². The first kappa shape index (κ1) is 13.0. The number of hydrogen-bond donors (Lipinski definition) is 0. The van der Waals surface area contributed by atoms with Gasteiger partial charge in [0.1, 0.15) is 0 Å². The van der Waals surface area contributed by atoms with Crippen LogP contribution >= 0.6 is 0 Å². The first-order valence-corrected chi connectivity index (χ1v) is 5.80. The van der Waals surface area contributed by atoms with Crippen molar-refractivity contribution in [2.75, 3.05) is 0 Å². The zero-order valence-corrected chi connectivity index (χ0v) is 9.17. The molecule has 2 aliphatic carbocycles. The Morgan fingerprint density at radius 3 is 2.06 bits per heavy atom. The molecular formula is C11H14F6. The lowest BCUT2D eigenvalue weighted by Crippen LogP contribution is -2.54. The van der Waals surface area contributed by atoms with Gasteiger partial charge >= 0.3 is 12.4 Å².